The van der Waals surface area contributed by atoms with Crippen LogP contribution in [0.15, 0.2) is 10.6 Å². The van der Waals surface area contributed by atoms with E-state index in [0.717, 1.165) is 37.7 Å². The van der Waals surface area contributed by atoms with Crippen LogP contribution in [-0.4, -0.2) is 29.4 Å². The highest BCUT2D eigenvalue weighted by Gasteiger charge is 2.17. The van der Waals surface area contributed by atoms with Crippen molar-refractivity contribution in [3.8, 4) is 0 Å². The molecule has 0 saturated carbocycles. The van der Waals surface area contributed by atoms with Gasteiger partial charge in [-0.05, 0) is 25.7 Å². The summed E-state index contributed by atoms with van der Waals surface area (Å²) in [6.45, 7) is 3.45. The first-order valence-corrected chi connectivity index (χ1v) is 5.93. The van der Waals surface area contributed by atoms with Gasteiger partial charge in [-0.3, -0.25) is 0 Å². The average Bonchev–Trinajstić information content (AvgIpc) is 2.66. The van der Waals surface area contributed by atoms with Gasteiger partial charge in [0.25, 0.3) is 0 Å². The van der Waals surface area contributed by atoms with Crippen LogP contribution < -0.4 is 0 Å². The molecule has 2 heterocycles. The van der Waals surface area contributed by atoms with E-state index < -0.39 is 0 Å². The second-order valence-electron chi connectivity index (χ2n) is 4.56. The summed E-state index contributed by atoms with van der Waals surface area (Å²) in [4.78, 5) is 4.23. The number of oxazole rings is 1. The third kappa shape index (κ3) is 3.32. The van der Waals surface area contributed by atoms with Crippen LogP contribution in [0.3, 0.4) is 0 Å². The topological polar surface area (TPSA) is 55.5 Å². The van der Waals surface area contributed by atoms with Crippen LogP contribution in [0.25, 0.3) is 0 Å². The maximum Gasteiger partial charge on any atom is 0.194 e. The van der Waals surface area contributed by atoms with E-state index in [2.05, 4.69) is 4.98 Å². The largest absolute Gasteiger partial charge is 0.446 e. The molecule has 16 heavy (non-hydrogen) atoms. The van der Waals surface area contributed by atoms with E-state index in [4.69, 9.17) is 9.15 Å². The van der Waals surface area contributed by atoms with E-state index in [1.807, 2.05) is 0 Å². The second kappa shape index (κ2) is 5.46. The summed E-state index contributed by atoms with van der Waals surface area (Å²) in [5.74, 6) is 2.07. The number of hydrogen-bond donors (Lipinski definition) is 1. The van der Waals surface area contributed by atoms with Gasteiger partial charge < -0.3 is 14.3 Å². The Morgan fingerprint density at radius 3 is 3.19 bits per heavy atom. The molecule has 4 heteroatoms. The van der Waals surface area contributed by atoms with E-state index in [9.17, 15) is 5.11 Å². The molecule has 2 rings (SSSR count). The minimum Gasteiger partial charge on any atom is -0.446 e. The van der Waals surface area contributed by atoms with Gasteiger partial charge in [-0.2, -0.15) is 0 Å². The molecule has 1 saturated heterocycles. The van der Waals surface area contributed by atoms with Crippen LogP contribution in [-0.2, 0) is 17.6 Å². The predicted octanol–water partition coefficient (Wildman–Crippen LogP) is 1.57. The van der Waals surface area contributed by atoms with Gasteiger partial charge in [0.15, 0.2) is 5.89 Å². The molecule has 0 spiro atoms. The van der Waals surface area contributed by atoms with Crippen LogP contribution >= 0.6 is 0 Å². The van der Waals surface area contributed by atoms with E-state index in [1.165, 1.54) is 6.42 Å². The summed E-state index contributed by atoms with van der Waals surface area (Å²) in [6.07, 6.45) is 5.04. The van der Waals surface area contributed by atoms with Crippen molar-refractivity contribution >= 4 is 0 Å². The van der Waals surface area contributed by atoms with Crippen LogP contribution in [0, 0.1) is 5.92 Å². The van der Waals surface area contributed by atoms with Crippen LogP contribution in [0.1, 0.15) is 31.4 Å². The molecule has 0 radical (unpaired) electrons. The molecule has 2 unspecified atom stereocenters. The standard InChI is InChI=1S/C12H19NO3/c1-9(14)5-11-7-13-12(16-11)6-10-3-2-4-15-8-10/h7,9-10,14H,2-6,8H2,1H3. The average molecular weight is 225 g/mol. The molecular formula is C12H19NO3. The molecule has 1 aliphatic heterocycles. The highest BCUT2D eigenvalue weighted by molar-refractivity contribution is 4.96. The lowest BCUT2D eigenvalue weighted by molar-refractivity contribution is 0.0524. The van der Waals surface area contributed by atoms with Gasteiger partial charge in [-0.15, -0.1) is 0 Å². The fourth-order valence-electron chi connectivity index (χ4n) is 2.04. The van der Waals surface area contributed by atoms with Crippen molar-refractivity contribution in [1.29, 1.82) is 0 Å². The van der Waals surface area contributed by atoms with Gasteiger partial charge in [-0.1, -0.05) is 0 Å². The van der Waals surface area contributed by atoms with Crippen molar-refractivity contribution in [1.82, 2.24) is 4.98 Å². The fourth-order valence-corrected chi connectivity index (χ4v) is 2.04. The third-order valence-corrected chi connectivity index (χ3v) is 2.82. The summed E-state index contributed by atoms with van der Waals surface area (Å²) < 4.78 is 11.0. The minimum atomic E-state index is -0.376. The number of rotatable bonds is 4. The Labute approximate surface area is 95.6 Å². The Morgan fingerprint density at radius 2 is 2.50 bits per heavy atom. The Kier molecular flexibility index (Phi) is 3.96. The molecular weight excluding hydrogens is 206 g/mol. The van der Waals surface area contributed by atoms with Gasteiger partial charge in [0.2, 0.25) is 0 Å². The third-order valence-electron chi connectivity index (χ3n) is 2.82. The number of nitrogens with zero attached hydrogens (tertiary/aromatic N) is 1. The molecule has 4 nitrogen and oxygen atoms in total. The molecule has 90 valence electrons. The lowest BCUT2D eigenvalue weighted by Gasteiger charge is -2.20. The molecule has 1 aromatic heterocycles. The predicted molar refractivity (Wildman–Crippen MR) is 59.1 cm³/mol. The van der Waals surface area contributed by atoms with Crippen molar-refractivity contribution in [3.05, 3.63) is 17.8 Å². The molecule has 2 atom stereocenters. The quantitative estimate of drug-likeness (QED) is 0.845. The summed E-state index contributed by atoms with van der Waals surface area (Å²) in [5, 5.41) is 9.23. The highest BCUT2D eigenvalue weighted by atomic mass is 16.5. The number of aliphatic hydroxyl groups excluding tert-OH is 1. The van der Waals surface area contributed by atoms with Crippen molar-refractivity contribution in [2.24, 2.45) is 5.92 Å². The molecule has 0 amide bonds. The molecule has 1 aromatic rings. The van der Waals surface area contributed by atoms with Crippen molar-refractivity contribution < 1.29 is 14.3 Å². The normalized spacial score (nSPS) is 23.2. The van der Waals surface area contributed by atoms with Crippen molar-refractivity contribution in [2.45, 2.75) is 38.7 Å². The molecule has 0 aliphatic carbocycles. The summed E-state index contributed by atoms with van der Waals surface area (Å²) in [5.41, 5.74) is 0. The van der Waals surface area contributed by atoms with Gasteiger partial charge in [0, 0.05) is 26.1 Å². The van der Waals surface area contributed by atoms with Gasteiger partial charge >= 0.3 is 0 Å². The van der Waals surface area contributed by atoms with E-state index in [0.29, 0.717) is 12.3 Å². The lowest BCUT2D eigenvalue weighted by atomic mass is 9.99. The Bertz CT molecular complexity index is 316. The first-order chi connectivity index (χ1) is 7.74. The SMILES string of the molecule is CC(O)Cc1cnc(CC2CCCOC2)o1. The fraction of sp³-hybridized carbons (Fsp3) is 0.750. The van der Waals surface area contributed by atoms with Crippen LogP contribution in [0.2, 0.25) is 0 Å². The minimum absolute atomic E-state index is 0.376. The van der Waals surface area contributed by atoms with Gasteiger partial charge in [0.05, 0.1) is 12.3 Å². The zero-order chi connectivity index (χ0) is 11.4. The van der Waals surface area contributed by atoms with Gasteiger partial charge in [0.1, 0.15) is 5.76 Å². The Balaban J connectivity index is 1.86. The smallest absolute Gasteiger partial charge is 0.194 e. The second-order valence-corrected chi connectivity index (χ2v) is 4.56. The molecule has 1 fully saturated rings. The molecule has 1 N–H and O–H groups in total. The van der Waals surface area contributed by atoms with Crippen molar-refractivity contribution in [3.63, 3.8) is 0 Å². The lowest BCUT2D eigenvalue weighted by Crippen LogP contribution is -2.19. The summed E-state index contributed by atoms with van der Waals surface area (Å²) in [7, 11) is 0. The first-order valence-electron chi connectivity index (χ1n) is 5.93. The van der Waals surface area contributed by atoms with Crippen LogP contribution in [0.4, 0.5) is 0 Å². The van der Waals surface area contributed by atoms with Crippen LogP contribution in [0.5, 0.6) is 0 Å². The Hall–Kier alpha value is -0.870. The summed E-state index contributed by atoms with van der Waals surface area (Å²) >= 11 is 0. The maximum atomic E-state index is 9.23. The summed E-state index contributed by atoms with van der Waals surface area (Å²) in [6, 6.07) is 0. The molecule has 1 aliphatic rings. The number of aliphatic hydroxyl groups is 1. The molecule has 0 bridgehead atoms. The van der Waals surface area contributed by atoms with Gasteiger partial charge in [-0.25, -0.2) is 4.98 Å². The highest BCUT2D eigenvalue weighted by Crippen LogP contribution is 2.19. The number of ether oxygens (including phenoxy) is 1. The van der Waals surface area contributed by atoms with E-state index in [1.54, 1.807) is 13.1 Å². The van der Waals surface area contributed by atoms with E-state index >= 15 is 0 Å². The number of aromatic nitrogens is 1. The number of hydrogen-bond acceptors (Lipinski definition) is 4. The molecule has 0 aromatic carbocycles. The Morgan fingerprint density at radius 1 is 1.62 bits per heavy atom. The van der Waals surface area contributed by atoms with E-state index in [-0.39, 0.29) is 6.10 Å². The zero-order valence-corrected chi connectivity index (χ0v) is 9.69. The maximum absolute atomic E-state index is 9.23. The van der Waals surface area contributed by atoms with Crippen molar-refractivity contribution in [2.75, 3.05) is 13.2 Å². The monoisotopic (exact) mass is 225 g/mol. The first kappa shape index (κ1) is 11.6. The zero-order valence-electron chi connectivity index (χ0n) is 9.69.